The van der Waals surface area contributed by atoms with Gasteiger partial charge in [-0.2, -0.15) is 0 Å². The van der Waals surface area contributed by atoms with Crippen molar-refractivity contribution in [3.05, 3.63) is 27.7 Å². The minimum Gasteiger partial charge on any atom is -0.324 e. The Morgan fingerprint density at radius 1 is 1.58 bits per heavy atom. The Kier molecular flexibility index (Phi) is 4.87. The molecule has 1 fully saturated rings. The summed E-state index contributed by atoms with van der Waals surface area (Å²) in [5.74, 6) is 0.0742. The van der Waals surface area contributed by atoms with Gasteiger partial charge in [0.2, 0.25) is 5.91 Å². The van der Waals surface area contributed by atoms with Crippen molar-refractivity contribution in [3.8, 4) is 0 Å². The molecule has 1 aromatic carbocycles. The predicted molar refractivity (Wildman–Crippen MR) is 82.6 cm³/mol. The first kappa shape index (κ1) is 14.8. The lowest BCUT2D eigenvalue weighted by molar-refractivity contribution is -0.126. The average molecular weight is 346 g/mol. The lowest BCUT2D eigenvalue weighted by atomic mass is 9.77. The zero-order valence-corrected chi connectivity index (χ0v) is 13.3. The van der Waals surface area contributed by atoms with E-state index in [4.69, 9.17) is 11.6 Å². The highest BCUT2D eigenvalue weighted by atomic mass is 79.9. The Morgan fingerprint density at radius 3 is 3.00 bits per heavy atom. The summed E-state index contributed by atoms with van der Waals surface area (Å²) in [4.78, 5) is 12.6. The van der Waals surface area contributed by atoms with E-state index in [2.05, 4.69) is 33.5 Å². The van der Waals surface area contributed by atoms with Gasteiger partial charge in [-0.25, -0.2) is 0 Å². The van der Waals surface area contributed by atoms with Crippen molar-refractivity contribution in [2.45, 2.75) is 26.2 Å². The zero-order valence-electron chi connectivity index (χ0n) is 10.9. The fourth-order valence-corrected chi connectivity index (χ4v) is 3.02. The normalized spacial score (nSPS) is 23.1. The highest BCUT2D eigenvalue weighted by Gasteiger charge is 2.37. The molecule has 0 radical (unpaired) electrons. The number of hydrogen-bond acceptors (Lipinski definition) is 2. The van der Waals surface area contributed by atoms with Gasteiger partial charge in [-0.15, -0.1) is 0 Å². The molecule has 0 saturated carbocycles. The van der Waals surface area contributed by atoms with Gasteiger partial charge in [0.15, 0.2) is 0 Å². The number of hydrogen-bond donors (Lipinski definition) is 2. The van der Waals surface area contributed by atoms with Crippen LogP contribution in [0.15, 0.2) is 22.7 Å². The molecular formula is C14H18BrClN2O. The number of rotatable bonds is 3. The fraction of sp³-hybridized carbons (Fsp3) is 0.500. The number of carbonyl (C=O) groups is 1. The number of benzene rings is 1. The molecule has 0 aliphatic carbocycles. The smallest absolute Gasteiger partial charge is 0.231 e. The first-order valence-electron chi connectivity index (χ1n) is 6.55. The molecule has 1 aromatic rings. The highest BCUT2D eigenvalue weighted by Crippen LogP contribution is 2.34. The second-order valence-corrected chi connectivity index (χ2v) is 6.17. The van der Waals surface area contributed by atoms with Gasteiger partial charge in [-0.3, -0.25) is 4.79 Å². The number of amides is 1. The van der Waals surface area contributed by atoms with Crippen LogP contribution in [0.25, 0.3) is 0 Å². The molecular weight excluding hydrogens is 328 g/mol. The van der Waals surface area contributed by atoms with Crippen molar-refractivity contribution in [1.82, 2.24) is 5.32 Å². The van der Waals surface area contributed by atoms with Crippen molar-refractivity contribution in [3.63, 3.8) is 0 Å². The largest absolute Gasteiger partial charge is 0.324 e. The molecule has 0 spiro atoms. The monoisotopic (exact) mass is 344 g/mol. The van der Waals surface area contributed by atoms with Crippen LogP contribution in [-0.2, 0) is 4.79 Å². The second kappa shape index (κ2) is 6.25. The molecule has 1 aliphatic heterocycles. The molecule has 3 nitrogen and oxygen atoms in total. The molecule has 5 heteroatoms. The van der Waals surface area contributed by atoms with Crippen LogP contribution < -0.4 is 10.6 Å². The van der Waals surface area contributed by atoms with Crippen LogP contribution in [-0.4, -0.2) is 19.0 Å². The zero-order chi connectivity index (χ0) is 13.9. The van der Waals surface area contributed by atoms with E-state index < -0.39 is 0 Å². The van der Waals surface area contributed by atoms with Crippen molar-refractivity contribution >= 4 is 39.1 Å². The van der Waals surface area contributed by atoms with Gasteiger partial charge >= 0.3 is 0 Å². The summed E-state index contributed by atoms with van der Waals surface area (Å²) >= 11 is 9.45. The fourth-order valence-electron chi connectivity index (χ4n) is 2.48. The van der Waals surface area contributed by atoms with Gasteiger partial charge in [-0.1, -0.05) is 24.6 Å². The van der Waals surface area contributed by atoms with E-state index in [-0.39, 0.29) is 11.3 Å². The van der Waals surface area contributed by atoms with Gasteiger partial charge in [0.25, 0.3) is 0 Å². The predicted octanol–water partition coefficient (Wildman–Crippen LogP) is 3.82. The number of anilines is 1. The molecule has 0 aromatic heterocycles. The summed E-state index contributed by atoms with van der Waals surface area (Å²) < 4.78 is 0.736. The van der Waals surface area contributed by atoms with Gasteiger partial charge in [0.1, 0.15) is 0 Å². The first-order chi connectivity index (χ1) is 9.09. The summed E-state index contributed by atoms with van der Waals surface area (Å²) in [5, 5.41) is 6.92. The summed E-state index contributed by atoms with van der Waals surface area (Å²) in [6.07, 6.45) is 2.81. The van der Waals surface area contributed by atoms with Crippen molar-refractivity contribution in [2.24, 2.45) is 5.41 Å². The highest BCUT2D eigenvalue weighted by molar-refractivity contribution is 9.10. The maximum atomic E-state index is 12.6. The molecule has 1 heterocycles. The standard InChI is InChI=1S/C14H18BrClN2O/c1-2-14(7-4-8-17-9-14)13(19)18-11-6-3-5-10(16)12(11)15/h3,5-6,17H,2,4,7-9H2,1H3,(H,18,19). The minimum atomic E-state index is -0.306. The number of carbonyl (C=O) groups excluding carboxylic acids is 1. The quantitative estimate of drug-likeness (QED) is 0.874. The van der Waals surface area contributed by atoms with Crippen molar-refractivity contribution in [2.75, 3.05) is 18.4 Å². The van der Waals surface area contributed by atoms with E-state index in [1.165, 1.54) is 0 Å². The van der Waals surface area contributed by atoms with Gasteiger partial charge in [0.05, 0.1) is 20.6 Å². The lowest BCUT2D eigenvalue weighted by Gasteiger charge is -2.35. The van der Waals surface area contributed by atoms with Crippen LogP contribution in [0, 0.1) is 5.41 Å². The van der Waals surface area contributed by atoms with E-state index >= 15 is 0 Å². The molecule has 104 valence electrons. The summed E-state index contributed by atoms with van der Waals surface area (Å²) in [6, 6.07) is 5.48. The maximum Gasteiger partial charge on any atom is 0.231 e. The number of nitrogens with one attached hydrogen (secondary N) is 2. The molecule has 1 saturated heterocycles. The second-order valence-electron chi connectivity index (χ2n) is 4.97. The third-order valence-corrected chi connectivity index (χ3v) is 5.23. The van der Waals surface area contributed by atoms with Crippen molar-refractivity contribution < 1.29 is 4.79 Å². The number of halogens is 2. The van der Waals surface area contributed by atoms with Crippen LogP contribution in [0.1, 0.15) is 26.2 Å². The molecule has 1 aliphatic rings. The van der Waals surface area contributed by atoms with E-state index in [1.807, 2.05) is 12.1 Å². The van der Waals surface area contributed by atoms with E-state index in [1.54, 1.807) is 6.07 Å². The van der Waals surface area contributed by atoms with Gasteiger partial charge in [0, 0.05) is 6.54 Å². The molecule has 2 rings (SSSR count). The molecule has 19 heavy (non-hydrogen) atoms. The van der Waals surface area contributed by atoms with Gasteiger partial charge in [-0.05, 0) is 53.9 Å². The molecule has 0 bridgehead atoms. The topological polar surface area (TPSA) is 41.1 Å². The average Bonchev–Trinajstić information content (AvgIpc) is 2.44. The summed E-state index contributed by atoms with van der Waals surface area (Å²) in [7, 11) is 0. The Bertz CT molecular complexity index is 473. The maximum absolute atomic E-state index is 12.6. The van der Waals surface area contributed by atoms with Crippen LogP contribution >= 0.6 is 27.5 Å². The summed E-state index contributed by atoms with van der Waals surface area (Å²) in [5.41, 5.74) is 0.427. The van der Waals surface area contributed by atoms with E-state index in [9.17, 15) is 4.79 Å². The Hall–Kier alpha value is -0.580. The third kappa shape index (κ3) is 3.12. The Labute approximate surface area is 127 Å². The van der Waals surface area contributed by atoms with Crippen LogP contribution in [0.2, 0.25) is 5.02 Å². The van der Waals surface area contributed by atoms with Crippen LogP contribution in [0.4, 0.5) is 5.69 Å². The first-order valence-corrected chi connectivity index (χ1v) is 7.72. The number of piperidine rings is 1. The summed E-state index contributed by atoms with van der Waals surface area (Å²) in [6.45, 7) is 3.81. The molecule has 1 amide bonds. The lowest BCUT2D eigenvalue weighted by Crippen LogP contribution is -2.47. The molecule has 1 atom stereocenters. The SMILES string of the molecule is CCC1(C(=O)Nc2cccc(Cl)c2Br)CCCNC1. The molecule has 1 unspecified atom stereocenters. The third-order valence-electron chi connectivity index (χ3n) is 3.83. The molecule has 2 N–H and O–H groups in total. The minimum absolute atomic E-state index is 0.0742. The van der Waals surface area contributed by atoms with E-state index in [0.717, 1.165) is 42.5 Å². The Morgan fingerprint density at radius 2 is 2.37 bits per heavy atom. The van der Waals surface area contributed by atoms with E-state index in [0.29, 0.717) is 5.02 Å². The van der Waals surface area contributed by atoms with Crippen LogP contribution in [0.3, 0.4) is 0 Å². The van der Waals surface area contributed by atoms with Crippen molar-refractivity contribution in [1.29, 1.82) is 0 Å². The van der Waals surface area contributed by atoms with Gasteiger partial charge < -0.3 is 10.6 Å². The Balaban J connectivity index is 2.17. The van der Waals surface area contributed by atoms with Crippen LogP contribution in [0.5, 0.6) is 0 Å².